The van der Waals surface area contributed by atoms with Gasteiger partial charge in [-0.3, -0.25) is 4.79 Å². The van der Waals surface area contributed by atoms with Crippen molar-refractivity contribution in [1.82, 2.24) is 5.32 Å². The van der Waals surface area contributed by atoms with Crippen molar-refractivity contribution in [3.05, 3.63) is 11.5 Å². The van der Waals surface area contributed by atoms with Crippen LogP contribution in [0.3, 0.4) is 0 Å². The number of amides is 1. The Labute approximate surface area is 110 Å². The molecule has 0 aromatic heterocycles. The van der Waals surface area contributed by atoms with Crippen molar-refractivity contribution < 1.29 is 14.3 Å². The van der Waals surface area contributed by atoms with Crippen molar-refractivity contribution in [2.45, 2.75) is 31.1 Å². The van der Waals surface area contributed by atoms with E-state index < -0.39 is 12.0 Å². The highest BCUT2D eigenvalue weighted by Crippen LogP contribution is 2.27. The number of hydrogen-bond donors (Lipinski definition) is 1. The van der Waals surface area contributed by atoms with Crippen LogP contribution in [0.2, 0.25) is 0 Å². The highest BCUT2D eigenvalue weighted by molar-refractivity contribution is 8.03. The van der Waals surface area contributed by atoms with Gasteiger partial charge in [-0.05, 0) is 18.2 Å². The second kappa shape index (κ2) is 7.45. The minimum Gasteiger partial charge on any atom is -0.459 e. The third kappa shape index (κ3) is 5.32. The average molecular weight is 273 g/mol. The third-order valence-electron chi connectivity index (χ3n) is 2.22. The molecular weight excluding hydrogens is 258 g/mol. The molecule has 1 aliphatic heterocycles. The Morgan fingerprint density at radius 2 is 2.47 bits per heavy atom. The maximum absolute atomic E-state index is 11.7. The number of thiocarbonyl (C=S) groups is 1. The third-order valence-corrected chi connectivity index (χ3v) is 3.48. The lowest BCUT2D eigenvalue weighted by Gasteiger charge is -2.19. The summed E-state index contributed by atoms with van der Waals surface area (Å²) in [6.07, 6.45) is 3.55. The summed E-state index contributed by atoms with van der Waals surface area (Å²) >= 11 is 6.26. The first-order chi connectivity index (χ1) is 8.13. The molecule has 0 aliphatic carbocycles. The number of hydrogen-bond acceptors (Lipinski definition) is 5. The molecule has 0 fully saturated rings. The number of carbonyl (C=O) groups excluding carboxylic acids is 2. The lowest BCUT2D eigenvalue weighted by atomic mass is 10.1. The summed E-state index contributed by atoms with van der Waals surface area (Å²) in [7, 11) is 0. The fourth-order valence-electron chi connectivity index (χ4n) is 1.52. The Hall–Kier alpha value is -0.880. The SMILES string of the molecule is CC(=O)N[C@@H](CC1CC=CS1)C(=O)OCC=S. The van der Waals surface area contributed by atoms with Crippen molar-refractivity contribution >= 4 is 41.2 Å². The molecule has 94 valence electrons. The Kier molecular flexibility index (Phi) is 6.21. The molecule has 0 radical (unpaired) electrons. The second-order valence-corrected chi connectivity index (χ2v) is 5.20. The number of nitrogens with one attached hydrogen (secondary N) is 1. The summed E-state index contributed by atoms with van der Waals surface area (Å²) in [6.45, 7) is 1.49. The van der Waals surface area contributed by atoms with E-state index in [0.717, 1.165) is 6.42 Å². The van der Waals surface area contributed by atoms with Gasteiger partial charge in [0.1, 0.15) is 12.6 Å². The normalized spacial score (nSPS) is 19.7. The molecule has 1 amide bonds. The molecule has 17 heavy (non-hydrogen) atoms. The lowest BCUT2D eigenvalue weighted by molar-refractivity contribution is -0.146. The first-order valence-electron chi connectivity index (χ1n) is 5.31. The fraction of sp³-hybridized carbons (Fsp3) is 0.545. The number of allylic oxidation sites excluding steroid dienone is 1. The van der Waals surface area contributed by atoms with Crippen LogP contribution < -0.4 is 5.32 Å². The summed E-state index contributed by atoms with van der Waals surface area (Å²) in [6, 6.07) is -0.583. The number of thioether (sulfide) groups is 1. The Morgan fingerprint density at radius 1 is 1.71 bits per heavy atom. The van der Waals surface area contributed by atoms with Crippen molar-refractivity contribution in [3.63, 3.8) is 0 Å². The van der Waals surface area contributed by atoms with E-state index in [4.69, 9.17) is 4.74 Å². The van der Waals surface area contributed by atoms with Gasteiger partial charge in [0, 0.05) is 17.5 Å². The van der Waals surface area contributed by atoms with E-state index in [9.17, 15) is 9.59 Å². The largest absolute Gasteiger partial charge is 0.459 e. The van der Waals surface area contributed by atoms with Crippen LogP contribution in [0.4, 0.5) is 0 Å². The minimum atomic E-state index is -0.583. The molecule has 0 aromatic carbocycles. The monoisotopic (exact) mass is 273 g/mol. The van der Waals surface area contributed by atoms with Crippen LogP contribution >= 0.6 is 24.0 Å². The molecule has 1 aliphatic rings. The van der Waals surface area contributed by atoms with Crippen LogP contribution in [-0.2, 0) is 14.3 Å². The molecule has 1 heterocycles. The highest BCUT2D eigenvalue weighted by atomic mass is 32.2. The molecule has 0 bridgehead atoms. The number of rotatable bonds is 6. The first-order valence-corrected chi connectivity index (χ1v) is 6.72. The Bertz CT molecular complexity index is 323. The summed E-state index contributed by atoms with van der Waals surface area (Å²) in [5, 5.41) is 6.29. The molecule has 6 heteroatoms. The highest BCUT2D eigenvalue weighted by Gasteiger charge is 2.25. The lowest BCUT2D eigenvalue weighted by Crippen LogP contribution is -2.42. The van der Waals surface area contributed by atoms with Gasteiger partial charge in [-0.2, -0.15) is 0 Å². The maximum Gasteiger partial charge on any atom is 0.329 e. The number of ether oxygens (including phenoxy) is 1. The average Bonchev–Trinajstić information content (AvgIpc) is 2.77. The molecule has 1 N–H and O–H groups in total. The van der Waals surface area contributed by atoms with Crippen LogP contribution in [0.15, 0.2) is 11.5 Å². The van der Waals surface area contributed by atoms with Gasteiger partial charge in [0.05, 0.1) is 0 Å². The molecule has 0 saturated carbocycles. The van der Waals surface area contributed by atoms with Gasteiger partial charge < -0.3 is 10.1 Å². The van der Waals surface area contributed by atoms with E-state index in [-0.39, 0.29) is 12.5 Å². The standard InChI is InChI=1S/C11H15NO3S2/c1-8(13)12-10(11(14)15-4-5-16)7-9-3-2-6-17-9/h2,5-6,9-10H,3-4,7H2,1H3,(H,12,13)/t9?,10-/m0/s1. The van der Waals surface area contributed by atoms with E-state index in [1.807, 2.05) is 5.41 Å². The predicted octanol–water partition coefficient (Wildman–Crippen LogP) is 1.44. The van der Waals surface area contributed by atoms with Gasteiger partial charge in [0.15, 0.2) is 0 Å². The van der Waals surface area contributed by atoms with E-state index in [1.165, 1.54) is 12.3 Å². The second-order valence-electron chi connectivity index (χ2n) is 3.65. The quantitative estimate of drug-likeness (QED) is 0.586. The van der Waals surface area contributed by atoms with Gasteiger partial charge in [-0.25, -0.2) is 4.79 Å². The summed E-state index contributed by atoms with van der Waals surface area (Å²) in [5.41, 5.74) is 0. The van der Waals surface area contributed by atoms with Crippen LogP contribution in [0.5, 0.6) is 0 Å². The number of carbonyl (C=O) groups is 2. The van der Waals surface area contributed by atoms with E-state index >= 15 is 0 Å². The van der Waals surface area contributed by atoms with Gasteiger partial charge in [-0.15, -0.1) is 11.8 Å². The fourth-order valence-corrected chi connectivity index (χ4v) is 2.56. The summed E-state index contributed by atoms with van der Waals surface area (Å²) in [5.74, 6) is -0.654. The van der Waals surface area contributed by atoms with Crippen LogP contribution in [-0.4, -0.2) is 35.1 Å². The molecule has 1 rings (SSSR count). The van der Waals surface area contributed by atoms with Gasteiger partial charge in [0.2, 0.25) is 5.91 Å². The Morgan fingerprint density at radius 3 is 3.00 bits per heavy atom. The van der Waals surface area contributed by atoms with Crippen molar-refractivity contribution in [1.29, 1.82) is 0 Å². The predicted molar refractivity (Wildman–Crippen MR) is 72.0 cm³/mol. The van der Waals surface area contributed by atoms with Crippen molar-refractivity contribution in [3.8, 4) is 0 Å². The van der Waals surface area contributed by atoms with Crippen LogP contribution in [0.1, 0.15) is 19.8 Å². The van der Waals surface area contributed by atoms with E-state index in [1.54, 1.807) is 11.8 Å². The zero-order chi connectivity index (χ0) is 12.7. The Balaban J connectivity index is 2.49. The molecule has 4 nitrogen and oxygen atoms in total. The zero-order valence-electron chi connectivity index (χ0n) is 9.55. The molecule has 1 unspecified atom stereocenters. The van der Waals surface area contributed by atoms with E-state index in [2.05, 4.69) is 23.6 Å². The van der Waals surface area contributed by atoms with Crippen LogP contribution in [0.25, 0.3) is 0 Å². The van der Waals surface area contributed by atoms with Gasteiger partial charge in [-0.1, -0.05) is 18.3 Å². The topological polar surface area (TPSA) is 55.4 Å². The smallest absolute Gasteiger partial charge is 0.329 e. The van der Waals surface area contributed by atoms with E-state index in [0.29, 0.717) is 11.7 Å². The van der Waals surface area contributed by atoms with Crippen molar-refractivity contribution in [2.75, 3.05) is 6.61 Å². The summed E-state index contributed by atoms with van der Waals surface area (Å²) < 4.78 is 4.92. The van der Waals surface area contributed by atoms with Crippen molar-refractivity contribution in [2.24, 2.45) is 0 Å². The first kappa shape index (κ1) is 14.2. The van der Waals surface area contributed by atoms with Crippen LogP contribution in [0, 0.1) is 0 Å². The zero-order valence-corrected chi connectivity index (χ0v) is 11.2. The van der Waals surface area contributed by atoms with Gasteiger partial charge >= 0.3 is 5.97 Å². The molecule has 0 saturated heterocycles. The number of esters is 1. The summed E-state index contributed by atoms with van der Waals surface area (Å²) in [4.78, 5) is 22.7. The molecule has 0 aromatic rings. The molecule has 0 spiro atoms. The van der Waals surface area contributed by atoms with Gasteiger partial charge in [0.25, 0.3) is 0 Å². The maximum atomic E-state index is 11.7. The molecule has 2 atom stereocenters. The molecular formula is C11H15NO3S2. The minimum absolute atomic E-state index is 0.0975.